The van der Waals surface area contributed by atoms with Gasteiger partial charge >= 0.3 is 0 Å². The standard InChI is InChI=1S/C58H34N6O3/c1-3-15-50-48(13-1)60-57(65-50)41-29-25-39(26-30-41)55-62-54(63-56(64-55)40-27-31-42(32-28-40)58-61-49-14-2-4-16-51(49)66-58)38-23-21-37(22-24-38)45-10-6-12-47-46-11-5-9-44(52(46)67-53(45)47)36-19-17-35(18-20-36)43-8-7-33-59-34-43/h1-34H. The van der Waals surface area contributed by atoms with Gasteiger partial charge in [-0.2, -0.15) is 0 Å². The van der Waals surface area contributed by atoms with E-state index in [2.05, 4.69) is 96.0 Å². The van der Waals surface area contributed by atoms with E-state index >= 15 is 0 Å². The van der Waals surface area contributed by atoms with Crippen molar-refractivity contribution in [2.24, 2.45) is 0 Å². The molecule has 0 unspecified atom stereocenters. The second-order valence-electron chi connectivity index (χ2n) is 16.3. The van der Waals surface area contributed by atoms with Gasteiger partial charge in [0.25, 0.3) is 0 Å². The molecule has 0 aliphatic heterocycles. The summed E-state index contributed by atoms with van der Waals surface area (Å²) >= 11 is 0. The molecule has 0 amide bonds. The van der Waals surface area contributed by atoms with Crippen LogP contribution in [-0.2, 0) is 0 Å². The Morgan fingerprint density at radius 2 is 0.701 bits per heavy atom. The number of aromatic nitrogens is 6. The fourth-order valence-electron chi connectivity index (χ4n) is 8.73. The number of pyridine rings is 1. The second kappa shape index (κ2) is 15.7. The molecule has 0 aliphatic rings. The van der Waals surface area contributed by atoms with Crippen LogP contribution in [0.25, 0.3) is 135 Å². The Hall–Kier alpha value is -9.34. The van der Waals surface area contributed by atoms with Gasteiger partial charge < -0.3 is 13.3 Å². The summed E-state index contributed by atoms with van der Waals surface area (Å²) in [6.45, 7) is 0. The highest BCUT2D eigenvalue weighted by Gasteiger charge is 2.18. The smallest absolute Gasteiger partial charge is 0.227 e. The number of benzene rings is 8. The van der Waals surface area contributed by atoms with Gasteiger partial charge in [0.2, 0.25) is 11.8 Å². The van der Waals surface area contributed by atoms with Gasteiger partial charge in [-0.15, -0.1) is 0 Å². The first-order chi connectivity index (χ1) is 33.1. The molecular formula is C58H34N6O3. The first kappa shape index (κ1) is 38.1. The van der Waals surface area contributed by atoms with Gasteiger partial charge in [0.1, 0.15) is 22.2 Å². The molecule has 67 heavy (non-hydrogen) atoms. The molecule has 5 aromatic heterocycles. The highest BCUT2D eigenvalue weighted by Crippen LogP contribution is 2.41. The zero-order chi connectivity index (χ0) is 44.3. The Morgan fingerprint density at radius 3 is 1.13 bits per heavy atom. The monoisotopic (exact) mass is 862 g/mol. The summed E-state index contributed by atoms with van der Waals surface area (Å²) in [6, 6.07) is 64.9. The molecule has 5 heterocycles. The van der Waals surface area contributed by atoms with Crippen LogP contribution < -0.4 is 0 Å². The molecule has 0 spiro atoms. The Morgan fingerprint density at radius 1 is 0.284 bits per heavy atom. The van der Waals surface area contributed by atoms with Crippen LogP contribution in [-0.4, -0.2) is 29.9 Å². The predicted octanol–water partition coefficient (Wildman–Crippen LogP) is 14.8. The number of para-hydroxylation sites is 6. The largest absolute Gasteiger partial charge is 0.455 e. The summed E-state index contributed by atoms with van der Waals surface area (Å²) in [5, 5.41) is 2.12. The average molecular weight is 863 g/mol. The fourth-order valence-corrected chi connectivity index (χ4v) is 8.73. The minimum atomic E-state index is 0.533. The van der Waals surface area contributed by atoms with E-state index in [-0.39, 0.29) is 0 Å². The number of fused-ring (bicyclic) bond motifs is 5. The molecule has 0 aliphatic carbocycles. The van der Waals surface area contributed by atoms with E-state index in [0.29, 0.717) is 29.3 Å². The number of oxazole rings is 2. The number of furan rings is 1. The molecule has 0 bridgehead atoms. The highest BCUT2D eigenvalue weighted by molar-refractivity contribution is 6.13. The van der Waals surface area contributed by atoms with Gasteiger partial charge in [-0.3, -0.25) is 4.98 Å². The van der Waals surface area contributed by atoms with Crippen molar-refractivity contribution >= 4 is 44.1 Å². The number of nitrogens with zero attached hydrogens (tertiary/aromatic N) is 6. The molecular weight excluding hydrogens is 829 g/mol. The lowest BCUT2D eigenvalue weighted by atomic mass is 9.98. The van der Waals surface area contributed by atoms with E-state index in [4.69, 9.17) is 38.2 Å². The molecule has 0 saturated carbocycles. The molecule has 0 atom stereocenters. The third-order valence-electron chi connectivity index (χ3n) is 12.2. The van der Waals surface area contributed by atoms with Gasteiger partial charge in [-0.25, -0.2) is 24.9 Å². The van der Waals surface area contributed by atoms with Gasteiger partial charge in [0, 0.05) is 62.1 Å². The SMILES string of the molecule is c1cncc(-c2ccc(-c3cccc4c3oc3c(-c5ccc(-c6nc(-c7ccc(-c8nc9ccccc9o8)cc7)nc(-c7ccc(-c8nc9ccccc9o8)cc7)n6)cc5)cccc34)cc2)c1. The minimum absolute atomic E-state index is 0.533. The Bertz CT molecular complexity index is 3750. The maximum Gasteiger partial charge on any atom is 0.227 e. The van der Waals surface area contributed by atoms with E-state index in [1.54, 1.807) is 6.20 Å². The van der Waals surface area contributed by atoms with E-state index in [1.807, 2.05) is 109 Å². The van der Waals surface area contributed by atoms with Crippen molar-refractivity contribution in [2.75, 3.05) is 0 Å². The molecule has 0 fully saturated rings. The molecule has 13 aromatic rings. The molecule has 9 nitrogen and oxygen atoms in total. The zero-order valence-electron chi connectivity index (χ0n) is 35.5. The van der Waals surface area contributed by atoms with Gasteiger partial charge in [0.05, 0.1) is 0 Å². The molecule has 9 heteroatoms. The van der Waals surface area contributed by atoms with Gasteiger partial charge in [-0.05, 0) is 76.9 Å². The maximum absolute atomic E-state index is 6.82. The maximum atomic E-state index is 6.82. The van der Waals surface area contributed by atoms with Crippen molar-refractivity contribution in [3.63, 3.8) is 0 Å². The molecule has 0 radical (unpaired) electrons. The van der Waals surface area contributed by atoms with E-state index in [9.17, 15) is 0 Å². The summed E-state index contributed by atoms with van der Waals surface area (Å²) in [5.74, 6) is 2.71. The first-order valence-corrected chi connectivity index (χ1v) is 21.9. The summed E-state index contributed by atoms with van der Waals surface area (Å²) in [7, 11) is 0. The predicted molar refractivity (Wildman–Crippen MR) is 264 cm³/mol. The summed E-state index contributed by atoms with van der Waals surface area (Å²) < 4.78 is 18.9. The zero-order valence-corrected chi connectivity index (χ0v) is 35.5. The van der Waals surface area contributed by atoms with Crippen LogP contribution in [0.2, 0.25) is 0 Å². The molecule has 8 aromatic carbocycles. The van der Waals surface area contributed by atoms with E-state index < -0.39 is 0 Å². The van der Waals surface area contributed by atoms with Crippen LogP contribution in [0.3, 0.4) is 0 Å². The van der Waals surface area contributed by atoms with Crippen LogP contribution in [0.1, 0.15) is 0 Å². The third kappa shape index (κ3) is 6.90. The molecule has 314 valence electrons. The fraction of sp³-hybridized carbons (Fsp3) is 0. The van der Waals surface area contributed by atoms with Crippen LogP contribution in [0.4, 0.5) is 0 Å². The van der Waals surface area contributed by atoms with Crippen molar-refractivity contribution < 1.29 is 13.3 Å². The normalized spacial score (nSPS) is 11.6. The lowest BCUT2D eigenvalue weighted by molar-refractivity contribution is 0.619. The van der Waals surface area contributed by atoms with Gasteiger partial charge in [-0.1, -0.05) is 140 Å². The Labute approximate surface area is 382 Å². The Kier molecular flexibility index (Phi) is 8.95. The molecule has 13 rings (SSSR count). The van der Waals surface area contributed by atoms with Crippen molar-refractivity contribution in [1.82, 2.24) is 29.9 Å². The van der Waals surface area contributed by atoms with Crippen LogP contribution in [0.15, 0.2) is 220 Å². The Balaban J connectivity index is 0.859. The topological polar surface area (TPSA) is 117 Å². The quantitative estimate of drug-likeness (QED) is 0.147. The van der Waals surface area contributed by atoms with Crippen molar-refractivity contribution in [2.45, 2.75) is 0 Å². The number of hydrogen-bond acceptors (Lipinski definition) is 9. The molecule has 0 N–H and O–H groups in total. The minimum Gasteiger partial charge on any atom is -0.455 e. The summed E-state index contributed by atoms with van der Waals surface area (Å²) in [5.41, 5.74) is 15.3. The van der Waals surface area contributed by atoms with Crippen LogP contribution >= 0.6 is 0 Å². The van der Waals surface area contributed by atoms with Crippen LogP contribution in [0.5, 0.6) is 0 Å². The number of hydrogen-bond donors (Lipinski definition) is 0. The van der Waals surface area contributed by atoms with Crippen molar-refractivity contribution in [3.8, 4) is 90.5 Å². The van der Waals surface area contributed by atoms with E-state index in [1.165, 1.54) is 0 Å². The van der Waals surface area contributed by atoms with Gasteiger partial charge in [0.15, 0.2) is 28.6 Å². The first-order valence-electron chi connectivity index (χ1n) is 21.9. The lowest BCUT2D eigenvalue weighted by Crippen LogP contribution is -2.00. The van der Waals surface area contributed by atoms with Crippen molar-refractivity contribution in [1.29, 1.82) is 0 Å². The van der Waals surface area contributed by atoms with Crippen LogP contribution in [0, 0.1) is 0 Å². The molecule has 0 saturated heterocycles. The van der Waals surface area contributed by atoms with Crippen molar-refractivity contribution in [3.05, 3.63) is 207 Å². The average Bonchev–Trinajstić information content (AvgIpc) is 4.15. The van der Waals surface area contributed by atoms with E-state index in [0.717, 1.165) is 105 Å². The second-order valence-corrected chi connectivity index (χ2v) is 16.3. The summed E-state index contributed by atoms with van der Waals surface area (Å²) in [4.78, 5) is 28.8. The number of rotatable bonds is 8. The third-order valence-corrected chi connectivity index (χ3v) is 12.2. The lowest BCUT2D eigenvalue weighted by Gasteiger charge is -2.10. The summed E-state index contributed by atoms with van der Waals surface area (Å²) in [6.07, 6.45) is 3.67. The highest BCUT2D eigenvalue weighted by atomic mass is 16.4.